The van der Waals surface area contributed by atoms with E-state index in [1.54, 1.807) is 24.5 Å². The van der Waals surface area contributed by atoms with Crippen LogP contribution in [0.3, 0.4) is 0 Å². The fraction of sp³-hybridized carbons (Fsp3) is 0.120. The second-order valence-corrected chi connectivity index (χ2v) is 7.69. The van der Waals surface area contributed by atoms with E-state index in [9.17, 15) is 9.18 Å². The van der Waals surface area contributed by atoms with Gasteiger partial charge >= 0.3 is 5.97 Å². The Hall–Kier alpha value is -4.93. The van der Waals surface area contributed by atoms with Crippen molar-refractivity contribution in [3.63, 3.8) is 0 Å². The number of carbonyl (C=O) groups is 1. The molecular formula is C25H20FN7O3. The van der Waals surface area contributed by atoms with Gasteiger partial charge in [-0.1, -0.05) is 12.1 Å². The van der Waals surface area contributed by atoms with Crippen molar-refractivity contribution < 1.29 is 18.7 Å². The summed E-state index contributed by atoms with van der Waals surface area (Å²) in [5, 5.41) is 0. The number of pyridine rings is 2. The number of esters is 1. The molecule has 4 aromatic heterocycles. The summed E-state index contributed by atoms with van der Waals surface area (Å²) < 4.78 is 24.1. The number of alkyl halides is 1. The highest BCUT2D eigenvalue weighted by atomic mass is 19.1. The minimum Gasteiger partial charge on any atom is -0.461 e. The van der Waals surface area contributed by atoms with Crippen molar-refractivity contribution in [2.45, 2.75) is 13.5 Å². The van der Waals surface area contributed by atoms with E-state index in [2.05, 4.69) is 15.0 Å². The quantitative estimate of drug-likeness (QED) is 0.341. The van der Waals surface area contributed by atoms with Gasteiger partial charge in [-0.3, -0.25) is 9.36 Å². The van der Waals surface area contributed by atoms with Crippen LogP contribution < -0.4 is 10.5 Å². The number of nitrogens with zero attached hydrogens (tertiary/aromatic N) is 6. The van der Waals surface area contributed by atoms with E-state index in [-0.39, 0.29) is 24.3 Å². The molecule has 1 aromatic carbocycles. The van der Waals surface area contributed by atoms with Gasteiger partial charge in [0, 0.05) is 42.8 Å². The highest BCUT2D eigenvalue weighted by Gasteiger charge is 2.20. The Balaban J connectivity index is 1.64. The molecule has 0 aliphatic heterocycles. The third-order valence-corrected chi connectivity index (χ3v) is 5.31. The lowest BCUT2D eigenvalue weighted by Crippen LogP contribution is -2.04. The highest BCUT2D eigenvalue weighted by Crippen LogP contribution is 2.30. The zero-order chi connectivity index (χ0) is 25.1. The molecule has 0 bridgehead atoms. The molecule has 5 aromatic rings. The summed E-state index contributed by atoms with van der Waals surface area (Å²) in [6.07, 6.45) is 4.61. The van der Waals surface area contributed by atoms with E-state index < -0.39 is 6.86 Å². The zero-order valence-corrected chi connectivity index (χ0v) is 19.1. The first kappa shape index (κ1) is 22.8. The summed E-state index contributed by atoms with van der Waals surface area (Å²) in [5.41, 5.74) is 10.6. The standard InChI is InChI=1S/C25H20FN7O3/c1-15(34)35-13-16-2-5-18(6-3-16)33-24-20(32-25(33)22-23(27)29-11-10-28-22)8-7-19(31-24)17-4-9-21(30-12-17)36-14-26/h2-12H,13-14H2,1H3,(H2,27,29). The molecule has 0 aliphatic rings. The molecule has 0 saturated heterocycles. The molecule has 10 nitrogen and oxygen atoms in total. The van der Waals surface area contributed by atoms with Gasteiger partial charge in [-0.2, -0.15) is 0 Å². The molecule has 0 saturated carbocycles. The molecule has 11 heteroatoms. The number of carbonyl (C=O) groups excluding carboxylic acids is 1. The van der Waals surface area contributed by atoms with Crippen LogP contribution in [0.5, 0.6) is 5.88 Å². The fourth-order valence-electron chi connectivity index (χ4n) is 3.64. The van der Waals surface area contributed by atoms with Crippen LogP contribution >= 0.6 is 0 Å². The van der Waals surface area contributed by atoms with Gasteiger partial charge in [0.05, 0.1) is 5.69 Å². The maximum atomic E-state index is 12.4. The molecule has 4 heterocycles. The topological polar surface area (TPSA) is 131 Å². The van der Waals surface area contributed by atoms with Gasteiger partial charge in [0.15, 0.2) is 17.3 Å². The van der Waals surface area contributed by atoms with E-state index in [4.69, 9.17) is 25.2 Å². The summed E-state index contributed by atoms with van der Waals surface area (Å²) in [6, 6.07) is 14.4. The van der Waals surface area contributed by atoms with Crippen LogP contribution in [-0.4, -0.2) is 42.3 Å². The summed E-state index contributed by atoms with van der Waals surface area (Å²) in [5.74, 6) is 0.531. The van der Waals surface area contributed by atoms with Crippen LogP contribution in [0.25, 0.3) is 39.6 Å². The Labute approximate surface area is 204 Å². The Morgan fingerprint density at radius 1 is 1.00 bits per heavy atom. The Kier molecular flexibility index (Phi) is 6.18. The number of ether oxygens (including phenoxy) is 2. The second-order valence-electron chi connectivity index (χ2n) is 7.69. The molecule has 0 amide bonds. The zero-order valence-electron chi connectivity index (χ0n) is 19.1. The number of aromatic nitrogens is 6. The molecule has 36 heavy (non-hydrogen) atoms. The Bertz CT molecular complexity index is 1540. The molecule has 0 radical (unpaired) electrons. The number of nitrogen functional groups attached to an aromatic ring is 1. The van der Waals surface area contributed by atoms with Crippen molar-refractivity contribution in [1.29, 1.82) is 0 Å². The van der Waals surface area contributed by atoms with Gasteiger partial charge in [0.25, 0.3) is 0 Å². The normalized spacial score (nSPS) is 10.9. The summed E-state index contributed by atoms with van der Waals surface area (Å²) in [7, 11) is 0. The third-order valence-electron chi connectivity index (χ3n) is 5.31. The van der Waals surface area contributed by atoms with E-state index in [0.29, 0.717) is 33.9 Å². The molecule has 0 spiro atoms. The smallest absolute Gasteiger partial charge is 0.302 e. The highest BCUT2D eigenvalue weighted by molar-refractivity contribution is 5.83. The molecular weight excluding hydrogens is 465 g/mol. The van der Waals surface area contributed by atoms with E-state index >= 15 is 0 Å². The number of rotatable bonds is 7. The van der Waals surface area contributed by atoms with Crippen LogP contribution in [0.15, 0.2) is 67.1 Å². The first-order valence-electron chi connectivity index (χ1n) is 10.9. The lowest BCUT2D eigenvalue weighted by Gasteiger charge is -2.11. The van der Waals surface area contributed by atoms with E-state index in [0.717, 1.165) is 11.3 Å². The second kappa shape index (κ2) is 9.74. The van der Waals surface area contributed by atoms with Crippen LogP contribution in [-0.2, 0) is 16.1 Å². The molecule has 2 N–H and O–H groups in total. The monoisotopic (exact) mass is 485 g/mol. The van der Waals surface area contributed by atoms with E-state index in [1.165, 1.54) is 13.1 Å². The van der Waals surface area contributed by atoms with Crippen LogP contribution in [0.2, 0.25) is 0 Å². The van der Waals surface area contributed by atoms with Gasteiger partial charge in [0.1, 0.15) is 17.8 Å². The van der Waals surface area contributed by atoms with Gasteiger partial charge in [-0.15, -0.1) is 0 Å². The molecule has 0 unspecified atom stereocenters. The largest absolute Gasteiger partial charge is 0.461 e. The van der Waals surface area contributed by atoms with Crippen LogP contribution in [0, 0.1) is 0 Å². The van der Waals surface area contributed by atoms with Gasteiger partial charge in [0.2, 0.25) is 12.7 Å². The predicted octanol–water partition coefficient (Wildman–Crippen LogP) is 3.89. The molecule has 5 rings (SSSR count). The van der Waals surface area contributed by atoms with Crippen LogP contribution in [0.1, 0.15) is 12.5 Å². The van der Waals surface area contributed by atoms with Crippen molar-refractivity contribution >= 4 is 23.0 Å². The van der Waals surface area contributed by atoms with Crippen molar-refractivity contribution in [2.24, 2.45) is 0 Å². The first-order valence-corrected chi connectivity index (χ1v) is 10.9. The summed E-state index contributed by atoms with van der Waals surface area (Å²) >= 11 is 0. The fourth-order valence-corrected chi connectivity index (χ4v) is 3.64. The molecule has 180 valence electrons. The summed E-state index contributed by atoms with van der Waals surface area (Å²) in [4.78, 5) is 33.4. The maximum absolute atomic E-state index is 12.4. The summed E-state index contributed by atoms with van der Waals surface area (Å²) in [6.45, 7) is 0.579. The number of hydrogen-bond acceptors (Lipinski definition) is 9. The van der Waals surface area contributed by atoms with Crippen molar-refractivity contribution in [3.05, 3.63) is 72.7 Å². The first-order chi connectivity index (χ1) is 17.5. The number of anilines is 1. The van der Waals surface area contributed by atoms with Gasteiger partial charge < -0.3 is 15.2 Å². The average molecular weight is 485 g/mol. The Morgan fingerprint density at radius 2 is 1.81 bits per heavy atom. The number of benzene rings is 1. The van der Waals surface area contributed by atoms with Gasteiger partial charge in [-0.05, 0) is 35.9 Å². The number of fused-ring (bicyclic) bond motifs is 1. The minimum absolute atomic E-state index is 0.168. The minimum atomic E-state index is -0.955. The molecule has 0 atom stereocenters. The number of hydrogen-bond donors (Lipinski definition) is 1. The predicted molar refractivity (Wildman–Crippen MR) is 130 cm³/mol. The number of halogens is 1. The lowest BCUT2D eigenvalue weighted by atomic mass is 10.2. The van der Waals surface area contributed by atoms with Gasteiger partial charge in [-0.25, -0.2) is 29.3 Å². The number of imidazole rings is 1. The average Bonchev–Trinajstić information content (AvgIpc) is 3.27. The molecule has 0 aliphatic carbocycles. The maximum Gasteiger partial charge on any atom is 0.302 e. The van der Waals surface area contributed by atoms with Crippen molar-refractivity contribution in [2.75, 3.05) is 12.6 Å². The molecule has 0 fully saturated rings. The van der Waals surface area contributed by atoms with Crippen molar-refractivity contribution in [3.8, 4) is 34.3 Å². The third kappa shape index (κ3) is 4.53. The Morgan fingerprint density at radius 3 is 2.50 bits per heavy atom. The SMILES string of the molecule is CC(=O)OCc1ccc(-n2c(-c3nccnc3N)nc3ccc(-c4ccc(OCF)nc4)nc32)cc1. The van der Waals surface area contributed by atoms with E-state index in [1.807, 2.05) is 41.0 Å². The number of nitrogens with two attached hydrogens (primary N) is 1. The van der Waals surface area contributed by atoms with Crippen LogP contribution in [0.4, 0.5) is 10.2 Å². The lowest BCUT2D eigenvalue weighted by molar-refractivity contribution is -0.142. The van der Waals surface area contributed by atoms with Crippen molar-refractivity contribution in [1.82, 2.24) is 29.5 Å².